The maximum absolute atomic E-state index is 10.2. The van der Waals surface area contributed by atoms with E-state index in [2.05, 4.69) is 66.5 Å². The molecular formula is C24H24ClNOS. The maximum atomic E-state index is 10.2. The lowest BCUT2D eigenvalue weighted by molar-refractivity contribution is 0.338. The second-order valence-electron chi connectivity index (χ2n) is 7.41. The van der Waals surface area contributed by atoms with Gasteiger partial charge in [0, 0.05) is 29.7 Å². The number of thioether (sulfide) groups is 1. The van der Waals surface area contributed by atoms with E-state index in [1.807, 2.05) is 23.9 Å². The average Bonchev–Trinajstić information content (AvgIpc) is 2.87. The molecule has 3 aromatic carbocycles. The minimum Gasteiger partial charge on any atom is -0.506 e. The van der Waals surface area contributed by atoms with E-state index < -0.39 is 0 Å². The van der Waals surface area contributed by atoms with Gasteiger partial charge in [0.25, 0.3) is 0 Å². The third-order valence-electron chi connectivity index (χ3n) is 5.37. The van der Waals surface area contributed by atoms with Crippen LogP contribution in [0.25, 0.3) is 0 Å². The van der Waals surface area contributed by atoms with E-state index in [0.29, 0.717) is 5.02 Å². The van der Waals surface area contributed by atoms with E-state index in [1.165, 1.54) is 27.1 Å². The molecule has 0 saturated heterocycles. The van der Waals surface area contributed by atoms with Crippen LogP contribution in [0.3, 0.4) is 0 Å². The lowest BCUT2D eigenvalue weighted by Crippen LogP contribution is -2.24. The molecule has 144 valence electrons. The minimum atomic E-state index is 0.171. The zero-order valence-electron chi connectivity index (χ0n) is 15.9. The summed E-state index contributed by atoms with van der Waals surface area (Å²) in [5.74, 6) is 1.38. The first kappa shape index (κ1) is 19.4. The van der Waals surface area contributed by atoms with Gasteiger partial charge in [-0.25, -0.2) is 0 Å². The first-order valence-electron chi connectivity index (χ1n) is 9.56. The van der Waals surface area contributed by atoms with Crippen LogP contribution in [0.5, 0.6) is 5.75 Å². The molecule has 4 rings (SSSR count). The van der Waals surface area contributed by atoms with Crippen LogP contribution in [0, 0.1) is 0 Å². The summed E-state index contributed by atoms with van der Waals surface area (Å²) in [6.07, 6.45) is 0.952. The molecule has 1 N–H and O–H groups in total. The van der Waals surface area contributed by atoms with Crippen LogP contribution in [0.2, 0.25) is 5.02 Å². The van der Waals surface area contributed by atoms with Crippen LogP contribution in [0.15, 0.2) is 71.6 Å². The van der Waals surface area contributed by atoms with Gasteiger partial charge in [0.2, 0.25) is 0 Å². The minimum absolute atomic E-state index is 0.171. The molecule has 1 aliphatic heterocycles. The van der Waals surface area contributed by atoms with Gasteiger partial charge in [0.1, 0.15) is 5.75 Å². The summed E-state index contributed by atoms with van der Waals surface area (Å²) in [6.45, 7) is 1.93. The summed E-state index contributed by atoms with van der Waals surface area (Å²) in [5.41, 5.74) is 5.04. The predicted octanol–water partition coefficient (Wildman–Crippen LogP) is 5.96. The number of rotatable bonds is 4. The Hall–Kier alpha value is -1.94. The standard InChI is InChI=1S/C24H24ClNOS/c1-26-12-11-19-13-23(25)24(27)14-21(19)22(15-26)18-7-9-20(10-8-18)28-16-17-5-3-2-4-6-17/h2-10,13-14,22,27H,11-12,15-16H2,1H3. The highest BCUT2D eigenvalue weighted by Gasteiger charge is 2.24. The fourth-order valence-electron chi connectivity index (χ4n) is 3.79. The molecule has 0 spiro atoms. The van der Waals surface area contributed by atoms with Gasteiger partial charge in [0.05, 0.1) is 5.02 Å². The molecule has 0 radical (unpaired) electrons. The topological polar surface area (TPSA) is 23.5 Å². The first-order valence-corrected chi connectivity index (χ1v) is 10.9. The Morgan fingerprint density at radius 3 is 2.57 bits per heavy atom. The van der Waals surface area contributed by atoms with Crippen molar-refractivity contribution in [3.63, 3.8) is 0 Å². The lowest BCUT2D eigenvalue weighted by Gasteiger charge is -2.22. The average molecular weight is 410 g/mol. The zero-order valence-corrected chi connectivity index (χ0v) is 17.5. The van der Waals surface area contributed by atoms with Crippen molar-refractivity contribution in [2.24, 2.45) is 0 Å². The van der Waals surface area contributed by atoms with E-state index >= 15 is 0 Å². The van der Waals surface area contributed by atoms with Gasteiger partial charge in [-0.3, -0.25) is 0 Å². The van der Waals surface area contributed by atoms with Gasteiger partial charge in [-0.2, -0.15) is 0 Å². The highest BCUT2D eigenvalue weighted by Crippen LogP contribution is 2.37. The Morgan fingerprint density at radius 2 is 1.82 bits per heavy atom. The molecule has 1 unspecified atom stereocenters. The van der Waals surface area contributed by atoms with E-state index in [0.717, 1.165) is 25.3 Å². The van der Waals surface area contributed by atoms with Gasteiger partial charge in [-0.15, -0.1) is 11.8 Å². The zero-order chi connectivity index (χ0) is 19.5. The van der Waals surface area contributed by atoms with E-state index in [1.54, 1.807) is 0 Å². The van der Waals surface area contributed by atoms with E-state index in [-0.39, 0.29) is 11.7 Å². The molecule has 1 atom stereocenters. The number of halogens is 1. The molecule has 0 fully saturated rings. The quantitative estimate of drug-likeness (QED) is 0.538. The van der Waals surface area contributed by atoms with Crippen molar-refractivity contribution in [3.05, 3.63) is 94.0 Å². The third-order valence-corrected chi connectivity index (χ3v) is 6.76. The molecule has 4 heteroatoms. The molecule has 0 amide bonds. The largest absolute Gasteiger partial charge is 0.506 e. The van der Waals surface area contributed by atoms with Gasteiger partial charge in [0.15, 0.2) is 0 Å². The van der Waals surface area contributed by atoms with Crippen LogP contribution in [0.4, 0.5) is 0 Å². The molecule has 0 saturated carbocycles. The van der Waals surface area contributed by atoms with Crippen molar-refractivity contribution in [2.45, 2.75) is 23.0 Å². The van der Waals surface area contributed by atoms with Crippen LogP contribution < -0.4 is 0 Å². The third kappa shape index (κ3) is 4.38. The molecule has 0 bridgehead atoms. The summed E-state index contributed by atoms with van der Waals surface area (Å²) in [5, 5.41) is 10.6. The van der Waals surface area contributed by atoms with Crippen LogP contribution in [-0.4, -0.2) is 30.1 Å². The number of benzene rings is 3. The van der Waals surface area contributed by atoms with Crippen molar-refractivity contribution in [2.75, 3.05) is 20.1 Å². The van der Waals surface area contributed by atoms with E-state index in [4.69, 9.17) is 11.6 Å². The SMILES string of the molecule is CN1CCc2cc(Cl)c(O)cc2C(c2ccc(SCc3ccccc3)cc2)C1. The Bertz CT molecular complexity index is 943. The summed E-state index contributed by atoms with van der Waals surface area (Å²) in [7, 11) is 2.16. The number of fused-ring (bicyclic) bond motifs is 1. The Kier molecular flexibility index (Phi) is 5.96. The molecule has 28 heavy (non-hydrogen) atoms. The number of hydrogen-bond donors (Lipinski definition) is 1. The fourth-order valence-corrected chi connectivity index (χ4v) is 4.84. The predicted molar refractivity (Wildman–Crippen MR) is 119 cm³/mol. The molecule has 1 aliphatic rings. The Balaban J connectivity index is 1.57. The summed E-state index contributed by atoms with van der Waals surface area (Å²) in [4.78, 5) is 3.63. The number of likely N-dealkylation sites (N-methyl/N-ethyl adjacent to an activating group) is 1. The maximum Gasteiger partial charge on any atom is 0.134 e. The molecule has 0 aliphatic carbocycles. The van der Waals surface area contributed by atoms with E-state index in [9.17, 15) is 5.11 Å². The number of phenols is 1. The summed E-state index contributed by atoms with van der Waals surface area (Å²) in [6, 6.07) is 23.2. The van der Waals surface area contributed by atoms with Gasteiger partial charge in [-0.1, -0.05) is 54.1 Å². The van der Waals surface area contributed by atoms with Crippen molar-refractivity contribution >= 4 is 23.4 Å². The summed E-state index contributed by atoms with van der Waals surface area (Å²) >= 11 is 8.02. The molecule has 1 heterocycles. The molecule has 2 nitrogen and oxygen atoms in total. The number of aromatic hydroxyl groups is 1. The normalized spacial score (nSPS) is 17.1. The highest BCUT2D eigenvalue weighted by atomic mass is 35.5. The number of phenolic OH excluding ortho intramolecular Hbond substituents is 1. The number of hydrogen-bond acceptors (Lipinski definition) is 3. The van der Waals surface area contributed by atoms with Crippen LogP contribution in [0.1, 0.15) is 28.2 Å². The lowest BCUT2D eigenvalue weighted by atomic mass is 9.88. The second kappa shape index (κ2) is 8.60. The monoisotopic (exact) mass is 409 g/mol. The Labute approximate surface area is 176 Å². The second-order valence-corrected chi connectivity index (χ2v) is 8.87. The van der Waals surface area contributed by atoms with Gasteiger partial charge >= 0.3 is 0 Å². The van der Waals surface area contributed by atoms with Gasteiger partial charge < -0.3 is 10.0 Å². The van der Waals surface area contributed by atoms with Crippen LogP contribution in [-0.2, 0) is 12.2 Å². The molecule has 0 aromatic heterocycles. The smallest absolute Gasteiger partial charge is 0.134 e. The van der Waals surface area contributed by atoms with Crippen molar-refractivity contribution < 1.29 is 5.11 Å². The fraction of sp³-hybridized carbons (Fsp3) is 0.250. The number of nitrogens with zero attached hydrogens (tertiary/aromatic N) is 1. The first-order chi connectivity index (χ1) is 13.6. The van der Waals surface area contributed by atoms with Crippen LogP contribution >= 0.6 is 23.4 Å². The van der Waals surface area contributed by atoms with Crippen molar-refractivity contribution in [1.29, 1.82) is 0 Å². The molecule has 3 aromatic rings. The summed E-state index contributed by atoms with van der Waals surface area (Å²) < 4.78 is 0. The van der Waals surface area contributed by atoms with Crippen molar-refractivity contribution in [3.8, 4) is 5.75 Å². The van der Waals surface area contributed by atoms with Crippen molar-refractivity contribution in [1.82, 2.24) is 4.90 Å². The highest BCUT2D eigenvalue weighted by molar-refractivity contribution is 7.98. The van der Waals surface area contributed by atoms with Gasteiger partial charge in [-0.05, 0) is 60.0 Å². The molecular weight excluding hydrogens is 386 g/mol. The Morgan fingerprint density at radius 1 is 1.07 bits per heavy atom.